The second-order valence-electron chi connectivity index (χ2n) is 5.12. The molecule has 7 nitrogen and oxygen atoms in total. The molecule has 0 aromatic carbocycles. The molecule has 1 N–H and O–H groups in total. The summed E-state index contributed by atoms with van der Waals surface area (Å²) in [5, 5.41) is 21.0. The Bertz CT molecular complexity index is 566. The molecule has 2 unspecified atom stereocenters. The van der Waals surface area contributed by atoms with E-state index in [0.29, 0.717) is 12.8 Å². The highest BCUT2D eigenvalue weighted by Crippen LogP contribution is 2.27. The van der Waals surface area contributed by atoms with Gasteiger partial charge in [-0.05, 0) is 18.9 Å². The highest BCUT2D eigenvalue weighted by atomic mass is 35.5. The van der Waals surface area contributed by atoms with Crippen LogP contribution in [0, 0.1) is 10.1 Å². The quantitative estimate of drug-likeness (QED) is 0.523. The van der Waals surface area contributed by atoms with Gasteiger partial charge in [0.15, 0.2) is 0 Å². The molecule has 0 spiro atoms. The summed E-state index contributed by atoms with van der Waals surface area (Å²) in [5.74, 6) is -0.531. The first kappa shape index (κ1) is 15.7. The van der Waals surface area contributed by atoms with E-state index in [9.17, 15) is 20.0 Å². The minimum absolute atomic E-state index is 0.0153. The van der Waals surface area contributed by atoms with Crippen LogP contribution in [0.15, 0.2) is 12.3 Å². The number of aliphatic hydroxyl groups is 1. The lowest BCUT2D eigenvalue weighted by molar-refractivity contribution is -0.385. The van der Waals surface area contributed by atoms with Gasteiger partial charge in [-0.1, -0.05) is 24.4 Å². The number of amides is 1. The van der Waals surface area contributed by atoms with Gasteiger partial charge in [-0.15, -0.1) is 0 Å². The van der Waals surface area contributed by atoms with Crippen molar-refractivity contribution >= 4 is 23.2 Å². The number of aromatic nitrogens is 1. The van der Waals surface area contributed by atoms with Crippen LogP contribution in [0.1, 0.15) is 36.0 Å². The zero-order chi connectivity index (χ0) is 15.6. The molecule has 2 rings (SSSR count). The highest BCUT2D eigenvalue weighted by Gasteiger charge is 2.32. The van der Waals surface area contributed by atoms with E-state index in [1.54, 1.807) is 7.05 Å². The fraction of sp³-hybridized carbons (Fsp3) is 0.538. The lowest BCUT2D eigenvalue weighted by atomic mass is 9.91. The van der Waals surface area contributed by atoms with Crippen LogP contribution in [0.25, 0.3) is 0 Å². The number of rotatable bonds is 3. The predicted octanol–water partition coefficient (Wildman–Crippen LogP) is 2.02. The van der Waals surface area contributed by atoms with Gasteiger partial charge in [-0.25, -0.2) is 4.98 Å². The summed E-state index contributed by atoms with van der Waals surface area (Å²) in [5.41, 5.74) is -0.498. The van der Waals surface area contributed by atoms with Crippen LogP contribution < -0.4 is 0 Å². The normalized spacial score (nSPS) is 21.9. The van der Waals surface area contributed by atoms with Gasteiger partial charge >= 0.3 is 0 Å². The Morgan fingerprint density at radius 3 is 2.81 bits per heavy atom. The Balaban J connectivity index is 2.30. The molecule has 0 bridgehead atoms. The first-order valence-corrected chi connectivity index (χ1v) is 7.04. The van der Waals surface area contributed by atoms with Crippen molar-refractivity contribution in [1.82, 2.24) is 9.88 Å². The van der Waals surface area contributed by atoms with Crippen LogP contribution in [-0.4, -0.2) is 45.0 Å². The zero-order valence-electron chi connectivity index (χ0n) is 11.5. The molecule has 1 saturated carbocycles. The van der Waals surface area contributed by atoms with Gasteiger partial charge in [-0.3, -0.25) is 14.9 Å². The van der Waals surface area contributed by atoms with Gasteiger partial charge in [0.1, 0.15) is 16.9 Å². The maximum atomic E-state index is 12.5. The number of carbonyl (C=O) groups excluding carboxylic acids is 1. The third kappa shape index (κ3) is 3.30. The number of hydrogen-bond acceptors (Lipinski definition) is 5. The van der Waals surface area contributed by atoms with Crippen molar-refractivity contribution in [2.45, 2.75) is 37.8 Å². The van der Waals surface area contributed by atoms with Crippen molar-refractivity contribution < 1.29 is 14.8 Å². The highest BCUT2D eigenvalue weighted by molar-refractivity contribution is 6.29. The predicted molar refractivity (Wildman–Crippen MR) is 76.3 cm³/mol. The first-order chi connectivity index (χ1) is 9.91. The van der Waals surface area contributed by atoms with Crippen molar-refractivity contribution in [2.75, 3.05) is 7.05 Å². The number of nitrogens with zero attached hydrogens (tertiary/aromatic N) is 3. The van der Waals surface area contributed by atoms with Crippen molar-refractivity contribution in [3.63, 3.8) is 0 Å². The van der Waals surface area contributed by atoms with Crippen molar-refractivity contribution in [2.24, 2.45) is 0 Å². The second-order valence-corrected chi connectivity index (χ2v) is 5.50. The minimum atomic E-state index is -0.665. The standard InChI is InChI=1S/C13H16ClN3O4/c1-16(9-4-2-3-5-11(9)18)13(19)8-6-12(14)15-7-10(8)17(20)21/h6-7,9,11,18H,2-5H2,1H3. The number of halogens is 1. The van der Waals surface area contributed by atoms with Crippen molar-refractivity contribution in [3.8, 4) is 0 Å². The number of hydrogen-bond donors (Lipinski definition) is 1. The van der Waals surface area contributed by atoms with Gasteiger partial charge in [0, 0.05) is 7.05 Å². The Morgan fingerprint density at radius 1 is 1.52 bits per heavy atom. The first-order valence-electron chi connectivity index (χ1n) is 6.67. The molecule has 1 fully saturated rings. The summed E-state index contributed by atoms with van der Waals surface area (Å²) < 4.78 is 0. The van der Waals surface area contributed by atoms with Crippen LogP contribution in [0.3, 0.4) is 0 Å². The van der Waals surface area contributed by atoms with Gasteiger partial charge in [-0.2, -0.15) is 0 Å². The van der Waals surface area contributed by atoms with E-state index in [1.165, 1.54) is 11.0 Å². The molecular formula is C13H16ClN3O4. The lowest BCUT2D eigenvalue weighted by Gasteiger charge is -2.35. The monoisotopic (exact) mass is 313 g/mol. The van der Waals surface area contributed by atoms with Crippen LogP contribution in [0.4, 0.5) is 5.69 Å². The Hall–Kier alpha value is -1.73. The van der Waals surface area contributed by atoms with Crippen LogP contribution in [0.2, 0.25) is 5.15 Å². The summed E-state index contributed by atoms with van der Waals surface area (Å²) >= 11 is 5.73. The van der Waals surface area contributed by atoms with Gasteiger partial charge in [0.2, 0.25) is 0 Å². The van der Waals surface area contributed by atoms with E-state index < -0.39 is 16.9 Å². The smallest absolute Gasteiger partial charge is 0.300 e. The van der Waals surface area contributed by atoms with E-state index in [-0.39, 0.29) is 22.4 Å². The summed E-state index contributed by atoms with van der Waals surface area (Å²) in [7, 11) is 1.54. The van der Waals surface area contributed by atoms with Crippen LogP contribution >= 0.6 is 11.6 Å². The molecule has 1 aliphatic rings. The number of likely N-dealkylation sites (N-methyl/N-ethyl adjacent to an activating group) is 1. The molecule has 2 atom stereocenters. The Kier molecular flexibility index (Phi) is 4.74. The number of carbonyl (C=O) groups is 1. The van der Waals surface area contributed by atoms with E-state index in [1.807, 2.05) is 0 Å². The van der Waals surface area contributed by atoms with Crippen LogP contribution in [-0.2, 0) is 0 Å². The number of aliphatic hydroxyl groups excluding tert-OH is 1. The summed E-state index contributed by atoms with van der Waals surface area (Å²) in [4.78, 5) is 27.8. The molecule has 114 valence electrons. The molecule has 1 aromatic rings. The summed E-state index contributed by atoms with van der Waals surface area (Å²) in [6, 6.07) is 0.853. The molecule has 1 aromatic heterocycles. The van der Waals surface area contributed by atoms with Crippen molar-refractivity contribution in [3.05, 3.63) is 33.1 Å². The molecule has 0 radical (unpaired) electrons. The van der Waals surface area contributed by atoms with Gasteiger partial charge in [0.05, 0.1) is 17.1 Å². The van der Waals surface area contributed by atoms with Crippen LogP contribution in [0.5, 0.6) is 0 Å². The third-order valence-corrected chi connectivity index (χ3v) is 4.00. The van der Waals surface area contributed by atoms with E-state index in [2.05, 4.69) is 4.98 Å². The number of nitro groups is 1. The average molecular weight is 314 g/mol. The molecule has 1 amide bonds. The van der Waals surface area contributed by atoms with E-state index in [0.717, 1.165) is 19.0 Å². The minimum Gasteiger partial charge on any atom is -0.391 e. The van der Waals surface area contributed by atoms with Gasteiger partial charge in [0.25, 0.3) is 11.6 Å². The molecule has 21 heavy (non-hydrogen) atoms. The molecule has 0 saturated heterocycles. The molecule has 0 aliphatic heterocycles. The zero-order valence-corrected chi connectivity index (χ0v) is 12.3. The summed E-state index contributed by atoms with van der Waals surface area (Å²) in [6.07, 6.45) is 3.50. The lowest BCUT2D eigenvalue weighted by Crippen LogP contribution is -2.46. The molecular weight excluding hydrogens is 298 g/mol. The van der Waals surface area contributed by atoms with Gasteiger partial charge < -0.3 is 10.0 Å². The Morgan fingerprint density at radius 2 is 2.19 bits per heavy atom. The fourth-order valence-corrected chi connectivity index (χ4v) is 2.78. The summed E-state index contributed by atoms with van der Waals surface area (Å²) in [6.45, 7) is 0. The maximum Gasteiger partial charge on any atom is 0.300 e. The second kappa shape index (κ2) is 6.36. The third-order valence-electron chi connectivity index (χ3n) is 3.79. The Labute approximate surface area is 126 Å². The molecule has 1 heterocycles. The SMILES string of the molecule is CN(C(=O)c1cc(Cl)ncc1[N+](=O)[O-])C1CCCCC1O. The fourth-order valence-electron chi connectivity index (χ4n) is 2.62. The maximum absolute atomic E-state index is 12.5. The topological polar surface area (TPSA) is 96.6 Å². The number of pyridine rings is 1. The average Bonchev–Trinajstić information content (AvgIpc) is 2.45. The van der Waals surface area contributed by atoms with Crippen molar-refractivity contribution in [1.29, 1.82) is 0 Å². The molecule has 8 heteroatoms. The van der Waals surface area contributed by atoms with E-state index >= 15 is 0 Å². The largest absolute Gasteiger partial charge is 0.391 e. The van der Waals surface area contributed by atoms with E-state index in [4.69, 9.17) is 11.6 Å². The molecule has 1 aliphatic carbocycles.